The van der Waals surface area contributed by atoms with Gasteiger partial charge in [0.1, 0.15) is 12.4 Å². The van der Waals surface area contributed by atoms with Crippen LogP contribution in [0.2, 0.25) is 0 Å². The van der Waals surface area contributed by atoms with E-state index in [2.05, 4.69) is 24.6 Å². The van der Waals surface area contributed by atoms with Gasteiger partial charge in [0.2, 0.25) is 5.88 Å². The van der Waals surface area contributed by atoms with E-state index in [1.165, 1.54) is 12.3 Å². The number of rotatable bonds is 5. The van der Waals surface area contributed by atoms with Crippen LogP contribution < -0.4 is 4.74 Å². The third-order valence-electron chi connectivity index (χ3n) is 4.19. The van der Waals surface area contributed by atoms with E-state index in [4.69, 9.17) is 9.26 Å². The molecular formula is C17H18FN5O2. The highest BCUT2D eigenvalue weighted by atomic mass is 19.1. The molecule has 0 saturated carbocycles. The molecule has 8 heteroatoms. The van der Waals surface area contributed by atoms with Crippen molar-refractivity contribution in [1.29, 1.82) is 0 Å². The molecule has 0 bridgehead atoms. The SMILES string of the molecule is Cc1cc(CN2Cc3cncn3[C@@H](COc3ncccc3F)C2)no1. The molecule has 0 N–H and O–H groups in total. The minimum Gasteiger partial charge on any atom is -0.473 e. The lowest BCUT2D eigenvalue weighted by molar-refractivity contribution is 0.130. The minimum absolute atomic E-state index is 0.0145. The lowest BCUT2D eigenvalue weighted by Gasteiger charge is -2.33. The van der Waals surface area contributed by atoms with Crippen molar-refractivity contribution in [2.75, 3.05) is 13.2 Å². The van der Waals surface area contributed by atoms with E-state index in [-0.39, 0.29) is 11.9 Å². The van der Waals surface area contributed by atoms with E-state index in [0.717, 1.165) is 30.2 Å². The fourth-order valence-electron chi connectivity index (χ4n) is 3.09. The molecule has 0 unspecified atom stereocenters. The largest absolute Gasteiger partial charge is 0.473 e. The Morgan fingerprint density at radius 2 is 2.36 bits per heavy atom. The molecule has 1 atom stereocenters. The van der Waals surface area contributed by atoms with Gasteiger partial charge >= 0.3 is 0 Å². The average molecular weight is 343 g/mol. The van der Waals surface area contributed by atoms with Crippen molar-refractivity contribution in [3.05, 3.63) is 59.9 Å². The average Bonchev–Trinajstić information content (AvgIpc) is 3.23. The molecule has 0 fully saturated rings. The van der Waals surface area contributed by atoms with Crippen LogP contribution in [0.15, 0.2) is 41.4 Å². The summed E-state index contributed by atoms with van der Waals surface area (Å²) in [4.78, 5) is 10.4. The zero-order valence-electron chi connectivity index (χ0n) is 13.8. The van der Waals surface area contributed by atoms with Crippen molar-refractivity contribution in [3.8, 4) is 5.88 Å². The number of ether oxygens (including phenoxy) is 1. The zero-order chi connectivity index (χ0) is 17.2. The van der Waals surface area contributed by atoms with Crippen molar-refractivity contribution in [2.24, 2.45) is 0 Å². The first kappa shape index (κ1) is 15.8. The second kappa shape index (κ2) is 6.64. The van der Waals surface area contributed by atoms with Crippen LogP contribution in [0.25, 0.3) is 0 Å². The Bertz CT molecular complexity index is 862. The first-order valence-electron chi connectivity index (χ1n) is 8.07. The van der Waals surface area contributed by atoms with Gasteiger partial charge in [0.05, 0.1) is 23.8 Å². The predicted molar refractivity (Wildman–Crippen MR) is 86.3 cm³/mol. The lowest BCUT2D eigenvalue weighted by atomic mass is 10.2. The van der Waals surface area contributed by atoms with E-state index in [0.29, 0.717) is 13.2 Å². The topological polar surface area (TPSA) is 69.2 Å². The van der Waals surface area contributed by atoms with Gasteiger partial charge in [-0.25, -0.2) is 14.4 Å². The summed E-state index contributed by atoms with van der Waals surface area (Å²) in [6, 6.07) is 4.82. The predicted octanol–water partition coefficient (Wildman–Crippen LogP) is 2.35. The number of pyridine rings is 1. The zero-order valence-corrected chi connectivity index (χ0v) is 13.8. The summed E-state index contributed by atoms with van der Waals surface area (Å²) in [7, 11) is 0. The van der Waals surface area contributed by atoms with Gasteiger partial charge < -0.3 is 13.8 Å². The molecule has 4 heterocycles. The number of nitrogens with zero attached hydrogens (tertiary/aromatic N) is 5. The van der Waals surface area contributed by atoms with E-state index in [1.54, 1.807) is 12.4 Å². The monoisotopic (exact) mass is 343 g/mol. The highest BCUT2D eigenvalue weighted by Gasteiger charge is 2.26. The van der Waals surface area contributed by atoms with Crippen LogP contribution >= 0.6 is 0 Å². The van der Waals surface area contributed by atoms with Gasteiger partial charge in [-0.15, -0.1) is 0 Å². The highest BCUT2D eigenvalue weighted by molar-refractivity contribution is 5.13. The van der Waals surface area contributed by atoms with Crippen molar-refractivity contribution in [2.45, 2.75) is 26.1 Å². The molecule has 3 aromatic rings. The normalized spacial score (nSPS) is 17.4. The van der Waals surface area contributed by atoms with Gasteiger partial charge in [-0.3, -0.25) is 4.90 Å². The number of imidazole rings is 1. The summed E-state index contributed by atoms with van der Waals surface area (Å²) in [5, 5.41) is 4.05. The van der Waals surface area contributed by atoms with Crippen molar-refractivity contribution in [1.82, 2.24) is 24.6 Å². The summed E-state index contributed by atoms with van der Waals surface area (Å²) in [6.07, 6.45) is 5.14. The molecule has 1 aliphatic rings. The van der Waals surface area contributed by atoms with Crippen LogP contribution in [0, 0.1) is 12.7 Å². The molecule has 0 aliphatic carbocycles. The molecule has 0 amide bonds. The molecule has 1 aliphatic heterocycles. The highest BCUT2D eigenvalue weighted by Crippen LogP contribution is 2.24. The quantitative estimate of drug-likeness (QED) is 0.708. The Labute approximate surface area is 144 Å². The number of hydrogen-bond donors (Lipinski definition) is 0. The van der Waals surface area contributed by atoms with Crippen LogP contribution in [0.1, 0.15) is 23.2 Å². The van der Waals surface area contributed by atoms with Gasteiger partial charge in [-0.05, 0) is 19.1 Å². The number of aryl methyl sites for hydroxylation is 1. The minimum atomic E-state index is -0.459. The van der Waals surface area contributed by atoms with Crippen molar-refractivity contribution < 1.29 is 13.7 Å². The van der Waals surface area contributed by atoms with Gasteiger partial charge in [0.15, 0.2) is 5.82 Å². The molecule has 25 heavy (non-hydrogen) atoms. The first-order chi connectivity index (χ1) is 12.2. The second-order valence-electron chi connectivity index (χ2n) is 6.15. The summed E-state index contributed by atoms with van der Waals surface area (Å²) >= 11 is 0. The van der Waals surface area contributed by atoms with Crippen LogP contribution in [0.4, 0.5) is 4.39 Å². The number of hydrogen-bond acceptors (Lipinski definition) is 6. The smallest absolute Gasteiger partial charge is 0.250 e. The van der Waals surface area contributed by atoms with Gasteiger partial charge in [-0.2, -0.15) is 0 Å². The Balaban J connectivity index is 1.48. The Morgan fingerprint density at radius 3 is 3.16 bits per heavy atom. The van der Waals surface area contributed by atoms with Crippen molar-refractivity contribution >= 4 is 0 Å². The van der Waals surface area contributed by atoms with E-state index in [1.807, 2.05) is 19.2 Å². The molecule has 0 radical (unpaired) electrons. The van der Waals surface area contributed by atoms with E-state index >= 15 is 0 Å². The molecule has 3 aromatic heterocycles. The fourth-order valence-corrected chi connectivity index (χ4v) is 3.09. The molecule has 130 valence electrons. The molecule has 7 nitrogen and oxygen atoms in total. The molecule has 0 spiro atoms. The summed E-state index contributed by atoms with van der Waals surface area (Å²) < 4.78 is 26.5. The Kier molecular flexibility index (Phi) is 4.19. The Morgan fingerprint density at radius 1 is 1.44 bits per heavy atom. The van der Waals surface area contributed by atoms with Crippen molar-refractivity contribution in [3.63, 3.8) is 0 Å². The second-order valence-corrected chi connectivity index (χ2v) is 6.15. The standard InChI is InChI=1S/C17H18FN5O2/c1-12-5-13(21-25-12)7-22-8-14-6-19-11-23(14)15(9-22)10-24-17-16(18)3-2-4-20-17/h2-6,11,15H,7-10H2,1H3/t15-/m1/s1. The number of aromatic nitrogens is 4. The van der Waals surface area contributed by atoms with E-state index < -0.39 is 5.82 Å². The molecular weight excluding hydrogens is 325 g/mol. The number of halogens is 1. The van der Waals surface area contributed by atoms with Gasteiger partial charge in [0, 0.05) is 38.1 Å². The number of fused-ring (bicyclic) bond motifs is 1. The van der Waals surface area contributed by atoms with Crippen LogP contribution in [0.3, 0.4) is 0 Å². The van der Waals surface area contributed by atoms with Crippen LogP contribution in [-0.4, -0.2) is 37.7 Å². The summed E-state index contributed by atoms with van der Waals surface area (Å²) in [5.41, 5.74) is 1.97. The maximum absolute atomic E-state index is 13.7. The lowest BCUT2D eigenvalue weighted by Crippen LogP contribution is -2.39. The van der Waals surface area contributed by atoms with Gasteiger partial charge in [0.25, 0.3) is 0 Å². The summed E-state index contributed by atoms with van der Waals surface area (Å²) in [6.45, 7) is 4.37. The third-order valence-corrected chi connectivity index (χ3v) is 4.19. The van der Waals surface area contributed by atoms with Gasteiger partial charge in [-0.1, -0.05) is 5.16 Å². The van der Waals surface area contributed by atoms with Crippen LogP contribution in [-0.2, 0) is 13.1 Å². The first-order valence-corrected chi connectivity index (χ1v) is 8.07. The Hall–Kier alpha value is -2.74. The molecule has 0 aromatic carbocycles. The molecule has 4 rings (SSSR count). The van der Waals surface area contributed by atoms with Crippen LogP contribution in [0.5, 0.6) is 5.88 Å². The van der Waals surface area contributed by atoms with E-state index in [9.17, 15) is 4.39 Å². The molecule has 0 saturated heterocycles. The summed E-state index contributed by atoms with van der Waals surface area (Å²) in [5.74, 6) is 0.357. The maximum Gasteiger partial charge on any atom is 0.250 e. The third kappa shape index (κ3) is 3.39. The fraction of sp³-hybridized carbons (Fsp3) is 0.353. The maximum atomic E-state index is 13.7.